The minimum absolute atomic E-state index is 0.571. The van der Waals surface area contributed by atoms with E-state index in [1.165, 1.54) is 0 Å². The molecule has 1 rings (SSSR count). The molecule has 0 atom stereocenters. The van der Waals surface area contributed by atoms with Crippen LogP contribution in [0.25, 0.3) is 0 Å². The maximum Gasteiger partial charge on any atom is 0.418 e. The summed E-state index contributed by atoms with van der Waals surface area (Å²) in [5.41, 5.74) is 5.36. The van der Waals surface area contributed by atoms with Gasteiger partial charge in [0.25, 0.3) is 12.3 Å². The van der Waals surface area contributed by atoms with Crippen molar-refractivity contribution in [2.75, 3.05) is 0 Å². The van der Waals surface area contributed by atoms with Crippen LogP contribution in [-0.4, -0.2) is 10.9 Å². The van der Waals surface area contributed by atoms with Crippen molar-refractivity contribution in [3.8, 4) is 0 Å². The molecule has 0 saturated heterocycles. The van der Waals surface area contributed by atoms with E-state index in [9.17, 15) is 26.7 Å². The molecule has 0 spiro atoms. The van der Waals surface area contributed by atoms with Gasteiger partial charge in [0.2, 0.25) is 0 Å². The first-order chi connectivity index (χ1) is 8.20. The Balaban J connectivity index is 3.67. The first-order valence-corrected chi connectivity index (χ1v) is 4.57. The van der Waals surface area contributed by atoms with Crippen molar-refractivity contribution in [2.24, 2.45) is 11.5 Å². The number of alkyl halides is 5. The van der Waals surface area contributed by atoms with E-state index in [1.807, 2.05) is 0 Å². The van der Waals surface area contributed by atoms with Gasteiger partial charge >= 0.3 is 6.18 Å². The monoisotopic (exact) mass is 269 g/mol. The van der Waals surface area contributed by atoms with Gasteiger partial charge in [-0.3, -0.25) is 9.78 Å². The lowest BCUT2D eigenvalue weighted by atomic mass is 10.00. The van der Waals surface area contributed by atoms with Crippen LogP contribution in [0.4, 0.5) is 22.0 Å². The number of carbonyl (C=O) groups excluding carboxylic acids is 1. The fourth-order valence-electron chi connectivity index (χ4n) is 1.47. The molecular weight excluding hydrogens is 261 g/mol. The highest BCUT2D eigenvalue weighted by Gasteiger charge is 2.40. The minimum atomic E-state index is -5.10. The van der Waals surface area contributed by atoms with Crippen molar-refractivity contribution in [3.05, 3.63) is 28.6 Å². The third-order valence-corrected chi connectivity index (χ3v) is 2.18. The molecule has 0 aliphatic carbocycles. The number of halogens is 5. The number of pyridine rings is 1. The Hall–Kier alpha value is -1.77. The Morgan fingerprint density at radius 1 is 1.39 bits per heavy atom. The van der Waals surface area contributed by atoms with Crippen LogP contribution in [0.2, 0.25) is 0 Å². The fraction of sp³-hybridized carbons (Fsp3) is 0.333. The normalized spacial score (nSPS) is 11.9. The lowest BCUT2D eigenvalue weighted by molar-refractivity contribution is -0.140. The Labute approximate surface area is 97.8 Å². The average Bonchev–Trinajstić information content (AvgIpc) is 2.25. The van der Waals surface area contributed by atoms with Crippen LogP contribution in [0.3, 0.4) is 0 Å². The quantitative estimate of drug-likeness (QED) is 0.817. The van der Waals surface area contributed by atoms with E-state index in [0.717, 1.165) is 0 Å². The van der Waals surface area contributed by atoms with E-state index in [2.05, 4.69) is 4.98 Å². The lowest BCUT2D eigenvalue weighted by Gasteiger charge is -2.17. The third-order valence-electron chi connectivity index (χ3n) is 2.18. The molecule has 4 nitrogen and oxygen atoms in total. The van der Waals surface area contributed by atoms with E-state index in [0.29, 0.717) is 6.20 Å². The average molecular weight is 269 g/mol. The van der Waals surface area contributed by atoms with Crippen LogP contribution in [0.15, 0.2) is 6.20 Å². The molecule has 1 aromatic heterocycles. The smallest absolute Gasteiger partial charge is 0.366 e. The molecule has 100 valence electrons. The zero-order valence-corrected chi connectivity index (χ0v) is 8.76. The number of amides is 1. The van der Waals surface area contributed by atoms with Gasteiger partial charge in [-0.05, 0) is 5.56 Å². The van der Waals surface area contributed by atoms with Crippen molar-refractivity contribution >= 4 is 5.91 Å². The second-order valence-electron chi connectivity index (χ2n) is 3.28. The summed E-state index contributed by atoms with van der Waals surface area (Å²) in [6.45, 7) is -0.755. The van der Waals surface area contributed by atoms with Gasteiger partial charge in [-0.25, -0.2) is 8.78 Å². The maximum atomic E-state index is 12.7. The Morgan fingerprint density at radius 3 is 2.28 bits per heavy atom. The molecule has 1 amide bonds. The van der Waals surface area contributed by atoms with E-state index in [-0.39, 0.29) is 0 Å². The van der Waals surface area contributed by atoms with Crippen LogP contribution < -0.4 is 11.5 Å². The van der Waals surface area contributed by atoms with Gasteiger partial charge < -0.3 is 11.5 Å². The van der Waals surface area contributed by atoms with Gasteiger partial charge in [0.1, 0.15) is 5.69 Å². The molecule has 0 fully saturated rings. The summed E-state index contributed by atoms with van der Waals surface area (Å²) in [5, 5.41) is 0. The predicted octanol–water partition coefficient (Wildman–Crippen LogP) is 1.60. The summed E-state index contributed by atoms with van der Waals surface area (Å²) in [6.07, 6.45) is -7.96. The third kappa shape index (κ3) is 2.55. The number of hydrogen-bond acceptors (Lipinski definition) is 3. The summed E-state index contributed by atoms with van der Waals surface area (Å²) < 4.78 is 63.1. The molecule has 0 unspecified atom stereocenters. The van der Waals surface area contributed by atoms with E-state index in [4.69, 9.17) is 11.5 Å². The topological polar surface area (TPSA) is 82.0 Å². The van der Waals surface area contributed by atoms with Crippen molar-refractivity contribution in [1.82, 2.24) is 4.98 Å². The van der Waals surface area contributed by atoms with Crippen molar-refractivity contribution in [2.45, 2.75) is 19.1 Å². The number of rotatable bonds is 3. The molecular formula is C9H8F5N3O. The summed E-state index contributed by atoms with van der Waals surface area (Å²) in [6, 6.07) is 0. The molecule has 0 aromatic carbocycles. The standard InChI is InChI=1S/C9H8F5N3O/c10-7(11)6-5(9(12,13)14)3(1-15)4(2-17-6)8(16)18/h2,7H,1,15H2,(H2,16,18). The Morgan fingerprint density at radius 2 is 1.94 bits per heavy atom. The minimum Gasteiger partial charge on any atom is -0.366 e. The molecule has 0 aliphatic rings. The van der Waals surface area contributed by atoms with Gasteiger partial charge in [-0.1, -0.05) is 0 Å². The summed E-state index contributed by atoms with van der Waals surface area (Å²) in [7, 11) is 0. The number of hydrogen-bond donors (Lipinski definition) is 2. The molecule has 9 heteroatoms. The van der Waals surface area contributed by atoms with Crippen molar-refractivity contribution in [1.29, 1.82) is 0 Å². The van der Waals surface area contributed by atoms with Gasteiger partial charge in [-0.2, -0.15) is 13.2 Å². The number of primary amides is 1. The molecule has 0 bridgehead atoms. The fourth-order valence-corrected chi connectivity index (χ4v) is 1.47. The number of carbonyl (C=O) groups is 1. The van der Waals surface area contributed by atoms with E-state index >= 15 is 0 Å². The molecule has 0 radical (unpaired) electrons. The first-order valence-electron chi connectivity index (χ1n) is 4.57. The molecule has 1 aromatic rings. The first kappa shape index (κ1) is 14.3. The van der Waals surface area contributed by atoms with Crippen molar-refractivity contribution in [3.63, 3.8) is 0 Å². The molecule has 4 N–H and O–H groups in total. The highest BCUT2D eigenvalue weighted by molar-refractivity contribution is 5.94. The highest BCUT2D eigenvalue weighted by atomic mass is 19.4. The zero-order valence-electron chi connectivity index (χ0n) is 8.76. The van der Waals surface area contributed by atoms with Gasteiger partial charge in [0.05, 0.1) is 11.1 Å². The van der Waals surface area contributed by atoms with Gasteiger partial charge in [0.15, 0.2) is 0 Å². The summed E-state index contributed by atoms with van der Waals surface area (Å²) in [4.78, 5) is 13.9. The van der Waals surface area contributed by atoms with Gasteiger partial charge in [-0.15, -0.1) is 0 Å². The van der Waals surface area contributed by atoms with Crippen molar-refractivity contribution < 1.29 is 26.7 Å². The SMILES string of the molecule is NCc1c(C(N)=O)cnc(C(F)F)c1C(F)(F)F. The van der Waals surface area contributed by atoms with Crippen LogP contribution in [0.1, 0.15) is 33.6 Å². The second kappa shape index (κ2) is 4.84. The molecule has 18 heavy (non-hydrogen) atoms. The van der Waals surface area contributed by atoms with Crippen LogP contribution in [0.5, 0.6) is 0 Å². The van der Waals surface area contributed by atoms with Crippen LogP contribution in [0, 0.1) is 0 Å². The van der Waals surface area contributed by atoms with E-state index < -0.39 is 47.4 Å². The zero-order chi connectivity index (χ0) is 14.1. The number of nitrogens with two attached hydrogens (primary N) is 2. The lowest BCUT2D eigenvalue weighted by Crippen LogP contribution is -2.23. The maximum absolute atomic E-state index is 12.7. The highest BCUT2D eigenvalue weighted by Crippen LogP contribution is 2.38. The Bertz CT molecular complexity index is 472. The Kier molecular flexibility index (Phi) is 3.85. The predicted molar refractivity (Wildman–Crippen MR) is 50.6 cm³/mol. The second-order valence-corrected chi connectivity index (χ2v) is 3.28. The van der Waals surface area contributed by atoms with E-state index in [1.54, 1.807) is 0 Å². The van der Waals surface area contributed by atoms with Crippen LogP contribution in [-0.2, 0) is 12.7 Å². The summed E-state index contributed by atoms with van der Waals surface area (Å²) in [5.74, 6) is -1.21. The molecule has 0 aliphatic heterocycles. The van der Waals surface area contributed by atoms with Gasteiger partial charge in [0, 0.05) is 12.7 Å². The largest absolute Gasteiger partial charge is 0.418 e. The number of aromatic nitrogens is 1. The molecule has 0 saturated carbocycles. The molecule has 1 heterocycles. The number of nitrogens with zero attached hydrogens (tertiary/aromatic N) is 1. The van der Waals surface area contributed by atoms with Crippen LogP contribution >= 0.6 is 0 Å². The summed E-state index contributed by atoms with van der Waals surface area (Å²) >= 11 is 0.